The van der Waals surface area contributed by atoms with Gasteiger partial charge in [0, 0.05) is 10.6 Å². The van der Waals surface area contributed by atoms with Gasteiger partial charge >= 0.3 is 24.7 Å². The maximum atomic E-state index is 14.6. The number of aromatic carboxylic acids is 1. The lowest BCUT2D eigenvalue weighted by atomic mass is 9.95. The second-order valence-corrected chi connectivity index (χ2v) is 6.80. The minimum absolute atomic E-state index is 0.00111. The van der Waals surface area contributed by atoms with Gasteiger partial charge in [-0.25, -0.2) is 9.18 Å². The molecule has 0 bridgehead atoms. The summed E-state index contributed by atoms with van der Waals surface area (Å²) >= 11 is 5.53. The molecule has 0 saturated heterocycles. The van der Waals surface area contributed by atoms with Crippen LogP contribution in [0.1, 0.15) is 33.0 Å². The fraction of sp³-hybridized carbons (Fsp3) is 0.211. The Morgan fingerprint density at radius 1 is 0.970 bits per heavy atom. The normalized spacial score (nSPS) is 14.2. The Balaban J connectivity index is 2.60. The van der Waals surface area contributed by atoms with E-state index in [9.17, 15) is 48.7 Å². The van der Waals surface area contributed by atoms with Gasteiger partial charge in [0.25, 0.3) is 0 Å². The van der Waals surface area contributed by atoms with Gasteiger partial charge in [-0.2, -0.15) is 26.3 Å². The number of carbonyl (C=O) groups is 1. The lowest BCUT2D eigenvalue weighted by molar-refractivity contribution is -0.274. The summed E-state index contributed by atoms with van der Waals surface area (Å²) in [5, 5.41) is 8.21. The van der Waals surface area contributed by atoms with Gasteiger partial charge in [-0.1, -0.05) is 17.7 Å². The van der Waals surface area contributed by atoms with Crippen LogP contribution in [0.4, 0.5) is 43.9 Å². The van der Waals surface area contributed by atoms with Crippen molar-refractivity contribution >= 4 is 23.4 Å². The molecule has 1 atom stereocenters. The van der Waals surface area contributed by atoms with Gasteiger partial charge in [0.2, 0.25) is 0 Å². The molecule has 0 aliphatic rings. The molecule has 33 heavy (non-hydrogen) atoms. The van der Waals surface area contributed by atoms with Crippen LogP contribution in [0.25, 0.3) is 5.83 Å². The van der Waals surface area contributed by atoms with Crippen molar-refractivity contribution in [3.8, 4) is 5.75 Å². The Kier molecular flexibility index (Phi) is 7.27. The van der Waals surface area contributed by atoms with E-state index < -0.39 is 69.5 Å². The highest BCUT2D eigenvalue weighted by Crippen LogP contribution is 2.42. The SMILES string of the molecule is O=C(O)c1ccc(/C(F)=C/C(c2cc(Cl)cc(OC(F)(F)F)c2)C(F)(F)F)cc1C(F)(F)F. The fourth-order valence-electron chi connectivity index (χ4n) is 2.69. The molecule has 0 radical (unpaired) electrons. The molecule has 0 spiro atoms. The topological polar surface area (TPSA) is 46.5 Å². The number of hydrogen-bond acceptors (Lipinski definition) is 2. The summed E-state index contributed by atoms with van der Waals surface area (Å²) in [6.07, 6.45) is -16.1. The van der Waals surface area contributed by atoms with E-state index in [1.165, 1.54) is 0 Å². The van der Waals surface area contributed by atoms with Crippen LogP contribution in [0.5, 0.6) is 5.75 Å². The van der Waals surface area contributed by atoms with E-state index in [1.807, 2.05) is 0 Å². The van der Waals surface area contributed by atoms with E-state index in [1.54, 1.807) is 0 Å². The average Bonchev–Trinajstić information content (AvgIpc) is 2.61. The molecule has 0 fully saturated rings. The third-order valence-electron chi connectivity index (χ3n) is 3.98. The van der Waals surface area contributed by atoms with Gasteiger partial charge < -0.3 is 9.84 Å². The summed E-state index contributed by atoms with van der Waals surface area (Å²) in [6.45, 7) is 0. The van der Waals surface area contributed by atoms with Crippen molar-refractivity contribution in [3.63, 3.8) is 0 Å². The van der Waals surface area contributed by atoms with Gasteiger partial charge in [0.05, 0.1) is 11.1 Å². The van der Waals surface area contributed by atoms with Crippen LogP contribution in [0, 0.1) is 0 Å². The first-order chi connectivity index (χ1) is 14.9. The van der Waals surface area contributed by atoms with Crippen LogP contribution >= 0.6 is 11.6 Å². The van der Waals surface area contributed by atoms with E-state index in [-0.39, 0.29) is 18.2 Å². The maximum Gasteiger partial charge on any atom is 0.573 e. The van der Waals surface area contributed by atoms with Crippen molar-refractivity contribution in [2.24, 2.45) is 0 Å². The lowest BCUT2D eigenvalue weighted by Crippen LogP contribution is -2.20. The van der Waals surface area contributed by atoms with Crippen LogP contribution in [-0.4, -0.2) is 23.6 Å². The third-order valence-corrected chi connectivity index (χ3v) is 4.20. The van der Waals surface area contributed by atoms with E-state index in [4.69, 9.17) is 16.7 Å². The summed E-state index contributed by atoms with van der Waals surface area (Å²) in [5.41, 5.74) is -5.13. The summed E-state index contributed by atoms with van der Waals surface area (Å²) in [5.74, 6) is -7.95. The molecule has 1 N–H and O–H groups in total. The second kappa shape index (κ2) is 9.12. The van der Waals surface area contributed by atoms with Crippen LogP contribution in [0.3, 0.4) is 0 Å². The zero-order chi connectivity index (χ0) is 25.4. The molecule has 0 amide bonds. The molecule has 0 aromatic heterocycles. The predicted molar refractivity (Wildman–Crippen MR) is 94.4 cm³/mol. The Hall–Kier alpha value is -2.96. The lowest BCUT2D eigenvalue weighted by Gasteiger charge is -2.19. The standard InChI is InChI=1S/C19H9ClF10O3/c20-10-3-9(4-11(6-10)33-19(28,29)30)13(17(22,23)24)7-15(21)8-1-2-12(16(31)32)14(5-8)18(25,26)27/h1-7,13H,(H,31,32)/b15-7-. The quantitative estimate of drug-likeness (QED) is 0.421. The molecule has 0 aliphatic carbocycles. The zero-order valence-corrected chi connectivity index (χ0v) is 16.3. The van der Waals surface area contributed by atoms with Crippen LogP contribution in [-0.2, 0) is 6.18 Å². The van der Waals surface area contributed by atoms with E-state index in [0.717, 1.165) is 0 Å². The number of allylic oxidation sites excluding steroid dienone is 1. The predicted octanol–water partition coefficient (Wildman–Crippen LogP) is 7.61. The molecule has 0 saturated carbocycles. The molecular formula is C19H9ClF10O3. The number of ether oxygens (including phenoxy) is 1. The van der Waals surface area contributed by atoms with Crippen LogP contribution in [0.15, 0.2) is 42.5 Å². The van der Waals surface area contributed by atoms with Gasteiger partial charge in [-0.15, -0.1) is 13.2 Å². The summed E-state index contributed by atoms with van der Waals surface area (Å²) in [6, 6.07) is 2.27. The van der Waals surface area contributed by atoms with Gasteiger partial charge in [-0.3, -0.25) is 0 Å². The van der Waals surface area contributed by atoms with Crippen LogP contribution < -0.4 is 4.74 Å². The molecule has 2 aromatic rings. The van der Waals surface area contributed by atoms with Crippen molar-refractivity contribution in [1.29, 1.82) is 0 Å². The minimum Gasteiger partial charge on any atom is -0.478 e. The summed E-state index contributed by atoms with van der Waals surface area (Å²) in [7, 11) is 0. The number of rotatable bonds is 5. The molecule has 180 valence electrons. The van der Waals surface area contributed by atoms with E-state index in [0.29, 0.717) is 24.3 Å². The Bertz CT molecular complexity index is 1070. The molecule has 3 nitrogen and oxygen atoms in total. The van der Waals surface area contributed by atoms with Crippen molar-refractivity contribution in [2.45, 2.75) is 24.6 Å². The Labute approximate surface area is 182 Å². The van der Waals surface area contributed by atoms with Crippen LogP contribution in [0.2, 0.25) is 5.02 Å². The number of carboxylic acid groups (broad SMARTS) is 1. The number of halogens is 11. The number of benzene rings is 2. The van der Waals surface area contributed by atoms with Crippen molar-refractivity contribution in [1.82, 2.24) is 0 Å². The fourth-order valence-corrected chi connectivity index (χ4v) is 2.93. The molecule has 2 rings (SSSR count). The molecule has 0 aliphatic heterocycles. The highest BCUT2D eigenvalue weighted by molar-refractivity contribution is 6.30. The molecule has 2 aromatic carbocycles. The molecule has 14 heteroatoms. The third kappa shape index (κ3) is 7.01. The van der Waals surface area contributed by atoms with Gasteiger partial charge in [0.15, 0.2) is 0 Å². The first kappa shape index (κ1) is 26.3. The van der Waals surface area contributed by atoms with Gasteiger partial charge in [0.1, 0.15) is 17.5 Å². The number of hydrogen-bond donors (Lipinski definition) is 1. The van der Waals surface area contributed by atoms with E-state index >= 15 is 0 Å². The Morgan fingerprint density at radius 2 is 1.58 bits per heavy atom. The highest BCUT2D eigenvalue weighted by atomic mass is 35.5. The van der Waals surface area contributed by atoms with Crippen molar-refractivity contribution < 1.29 is 58.5 Å². The minimum atomic E-state index is -5.31. The molecule has 1 unspecified atom stereocenters. The molecular weight excluding hydrogens is 502 g/mol. The smallest absolute Gasteiger partial charge is 0.478 e. The average molecular weight is 511 g/mol. The van der Waals surface area contributed by atoms with Crippen molar-refractivity contribution in [3.05, 3.63) is 69.8 Å². The number of carboxylic acids is 1. The van der Waals surface area contributed by atoms with E-state index in [2.05, 4.69) is 4.74 Å². The molecule has 0 heterocycles. The van der Waals surface area contributed by atoms with Crippen molar-refractivity contribution in [2.75, 3.05) is 0 Å². The number of alkyl halides is 9. The van der Waals surface area contributed by atoms with Gasteiger partial charge in [-0.05, 0) is 42.0 Å². The Morgan fingerprint density at radius 3 is 2.06 bits per heavy atom. The second-order valence-electron chi connectivity index (χ2n) is 6.37. The first-order valence-corrected chi connectivity index (χ1v) is 8.71. The monoisotopic (exact) mass is 510 g/mol. The first-order valence-electron chi connectivity index (χ1n) is 8.33. The largest absolute Gasteiger partial charge is 0.573 e. The summed E-state index contributed by atoms with van der Waals surface area (Å²) < 4.78 is 135. The zero-order valence-electron chi connectivity index (χ0n) is 15.5. The maximum absolute atomic E-state index is 14.6. The highest BCUT2D eigenvalue weighted by Gasteiger charge is 2.41. The summed E-state index contributed by atoms with van der Waals surface area (Å²) in [4.78, 5) is 10.9.